The molecule has 3 heteroatoms. The van der Waals surface area contributed by atoms with E-state index in [9.17, 15) is 4.39 Å². The number of nitrogens with zero attached hydrogens (tertiary/aromatic N) is 1. The third kappa shape index (κ3) is 1.44. The van der Waals surface area contributed by atoms with Gasteiger partial charge in [0.2, 0.25) is 0 Å². The molecule has 0 atom stereocenters. The molecule has 1 aromatic heterocycles. The van der Waals surface area contributed by atoms with E-state index in [4.69, 9.17) is 5.73 Å². The van der Waals surface area contributed by atoms with Crippen LogP contribution in [0.5, 0.6) is 0 Å². The van der Waals surface area contributed by atoms with Gasteiger partial charge in [0.25, 0.3) is 0 Å². The number of aromatic nitrogens is 1. The zero-order chi connectivity index (χ0) is 9.97. The molecule has 0 fully saturated rings. The first-order valence-electron chi connectivity index (χ1n) is 4.23. The smallest absolute Gasteiger partial charge is 0.131 e. The zero-order valence-corrected chi connectivity index (χ0v) is 7.44. The molecule has 70 valence electrons. The van der Waals surface area contributed by atoms with E-state index in [2.05, 4.69) is 4.98 Å². The highest BCUT2D eigenvalue weighted by molar-refractivity contribution is 5.75. The molecule has 2 rings (SSSR count). The van der Waals surface area contributed by atoms with Gasteiger partial charge in [-0.2, -0.15) is 0 Å². The Labute approximate surface area is 81.2 Å². The summed E-state index contributed by atoms with van der Waals surface area (Å²) in [5, 5.41) is 0. The quantitative estimate of drug-likeness (QED) is 0.746. The predicted octanol–water partition coefficient (Wildman–Crippen LogP) is 2.47. The molecule has 0 aliphatic heterocycles. The number of rotatable bonds is 1. The van der Waals surface area contributed by atoms with Gasteiger partial charge in [-0.05, 0) is 12.1 Å². The summed E-state index contributed by atoms with van der Waals surface area (Å²) in [4.78, 5) is 3.85. The number of anilines is 1. The monoisotopic (exact) mass is 188 g/mol. The van der Waals surface area contributed by atoms with Crippen LogP contribution in [0, 0.1) is 5.82 Å². The van der Waals surface area contributed by atoms with Crippen molar-refractivity contribution in [3.8, 4) is 11.1 Å². The lowest BCUT2D eigenvalue weighted by Crippen LogP contribution is -1.92. The number of halogens is 1. The molecular weight excluding hydrogens is 179 g/mol. The van der Waals surface area contributed by atoms with Crippen LogP contribution >= 0.6 is 0 Å². The van der Waals surface area contributed by atoms with E-state index < -0.39 is 0 Å². The fourth-order valence-corrected chi connectivity index (χ4v) is 1.33. The van der Waals surface area contributed by atoms with E-state index in [0.29, 0.717) is 16.8 Å². The molecule has 1 aromatic carbocycles. The second-order valence-electron chi connectivity index (χ2n) is 2.94. The molecule has 0 spiro atoms. The van der Waals surface area contributed by atoms with Gasteiger partial charge in [0.05, 0.1) is 11.9 Å². The molecule has 0 bridgehead atoms. The fraction of sp³-hybridized carbons (Fsp3) is 0. The van der Waals surface area contributed by atoms with Gasteiger partial charge >= 0.3 is 0 Å². The van der Waals surface area contributed by atoms with Crippen molar-refractivity contribution in [3.05, 3.63) is 48.5 Å². The largest absolute Gasteiger partial charge is 0.397 e. The lowest BCUT2D eigenvalue weighted by atomic mass is 10.1. The molecule has 14 heavy (non-hydrogen) atoms. The van der Waals surface area contributed by atoms with Gasteiger partial charge < -0.3 is 5.73 Å². The van der Waals surface area contributed by atoms with Crippen LogP contribution in [0.15, 0.2) is 42.7 Å². The van der Waals surface area contributed by atoms with Crippen LogP contribution in [0.25, 0.3) is 11.1 Å². The second-order valence-corrected chi connectivity index (χ2v) is 2.94. The standard InChI is InChI=1S/C11H9FN2/c12-10-4-2-1-3-8(10)9-5-6-14-7-11(9)13/h1-7H,13H2. The lowest BCUT2D eigenvalue weighted by molar-refractivity contribution is 0.631. The number of benzene rings is 1. The van der Waals surface area contributed by atoms with Gasteiger partial charge in [-0.3, -0.25) is 4.98 Å². The number of nitrogens with two attached hydrogens (primary N) is 1. The minimum absolute atomic E-state index is 0.273. The number of nitrogen functional groups attached to an aromatic ring is 1. The van der Waals surface area contributed by atoms with Crippen molar-refractivity contribution in [2.45, 2.75) is 0 Å². The third-order valence-corrected chi connectivity index (χ3v) is 2.02. The lowest BCUT2D eigenvalue weighted by Gasteiger charge is -2.05. The first kappa shape index (κ1) is 8.69. The molecule has 0 saturated heterocycles. The molecule has 0 saturated carbocycles. The van der Waals surface area contributed by atoms with Crippen LogP contribution in [-0.4, -0.2) is 4.98 Å². The summed E-state index contributed by atoms with van der Waals surface area (Å²) in [7, 11) is 0. The summed E-state index contributed by atoms with van der Waals surface area (Å²) in [6, 6.07) is 8.23. The van der Waals surface area contributed by atoms with Crippen LogP contribution in [0.2, 0.25) is 0 Å². The van der Waals surface area contributed by atoms with Crippen molar-refractivity contribution in [3.63, 3.8) is 0 Å². The highest BCUT2D eigenvalue weighted by Crippen LogP contribution is 2.26. The van der Waals surface area contributed by atoms with Crippen molar-refractivity contribution in [2.24, 2.45) is 0 Å². The Balaban J connectivity index is 2.61. The highest BCUT2D eigenvalue weighted by Gasteiger charge is 2.06. The van der Waals surface area contributed by atoms with Crippen molar-refractivity contribution in [2.75, 3.05) is 5.73 Å². The molecule has 2 aromatic rings. The third-order valence-electron chi connectivity index (χ3n) is 2.02. The Kier molecular flexibility index (Phi) is 2.14. The molecule has 2 N–H and O–H groups in total. The van der Waals surface area contributed by atoms with E-state index in [0.717, 1.165) is 0 Å². The van der Waals surface area contributed by atoms with E-state index in [1.54, 1.807) is 30.5 Å². The molecule has 0 amide bonds. The molecule has 0 unspecified atom stereocenters. The molecule has 2 nitrogen and oxygen atoms in total. The Morgan fingerprint density at radius 2 is 1.86 bits per heavy atom. The summed E-state index contributed by atoms with van der Waals surface area (Å²) in [6.45, 7) is 0. The van der Waals surface area contributed by atoms with Crippen LogP contribution in [0.4, 0.5) is 10.1 Å². The average molecular weight is 188 g/mol. The number of hydrogen-bond donors (Lipinski definition) is 1. The second kappa shape index (κ2) is 3.46. The Morgan fingerprint density at radius 1 is 1.07 bits per heavy atom. The molecule has 0 radical (unpaired) electrons. The first-order valence-corrected chi connectivity index (χ1v) is 4.23. The zero-order valence-electron chi connectivity index (χ0n) is 7.44. The minimum Gasteiger partial charge on any atom is -0.397 e. The summed E-state index contributed by atoms with van der Waals surface area (Å²) in [6.07, 6.45) is 3.11. The van der Waals surface area contributed by atoms with E-state index >= 15 is 0 Å². The SMILES string of the molecule is Nc1cnccc1-c1ccccc1F. The van der Waals surface area contributed by atoms with Crippen molar-refractivity contribution in [1.82, 2.24) is 4.98 Å². The van der Waals surface area contributed by atoms with E-state index in [1.165, 1.54) is 12.3 Å². The van der Waals surface area contributed by atoms with Crippen molar-refractivity contribution in [1.29, 1.82) is 0 Å². The Hall–Kier alpha value is -1.90. The normalized spacial score (nSPS) is 10.1. The van der Waals surface area contributed by atoms with Crippen LogP contribution in [-0.2, 0) is 0 Å². The van der Waals surface area contributed by atoms with Gasteiger partial charge in [0, 0.05) is 17.3 Å². The van der Waals surface area contributed by atoms with Gasteiger partial charge in [-0.1, -0.05) is 18.2 Å². The van der Waals surface area contributed by atoms with Gasteiger partial charge in [0.15, 0.2) is 0 Å². The number of hydrogen-bond acceptors (Lipinski definition) is 2. The minimum atomic E-state index is -0.273. The van der Waals surface area contributed by atoms with Crippen molar-refractivity contribution < 1.29 is 4.39 Å². The van der Waals surface area contributed by atoms with Crippen molar-refractivity contribution >= 4 is 5.69 Å². The van der Waals surface area contributed by atoms with Crippen LogP contribution in [0.1, 0.15) is 0 Å². The summed E-state index contributed by atoms with van der Waals surface area (Å²) in [5.41, 5.74) is 7.36. The Morgan fingerprint density at radius 3 is 2.57 bits per heavy atom. The molecule has 1 heterocycles. The average Bonchev–Trinajstić information content (AvgIpc) is 2.20. The highest BCUT2D eigenvalue weighted by atomic mass is 19.1. The predicted molar refractivity (Wildman–Crippen MR) is 54.0 cm³/mol. The van der Waals surface area contributed by atoms with Gasteiger partial charge in [0.1, 0.15) is 5.82 Å². The van der Waals surface area contributed by atoms with Gasteiger partial charge in [-0.25, -0.2) is 4.39 Å². The maximum atomic E-state index is 13.4. The van der Waals surface area contributed by atoms with Crippen LogP contribution in [0.3, 0.4) is 0 Å². The fourth-order valence-electron chi connectivity index (χ4n) is 1.33. The summed E-state index contributed by atoms with van der Waals surface area (Å²) in [5.74, 6) is -0.273. The van der Waals surface area contributed by atoms with E-state index in [-0.39, 0.29) is 5.82 Å². The topological polar surface area (TPSA) is 38.9 Å². The van der Waals surface area contributed by atoms with Crippen LogP contribution < -0.4 is 5.73 Å². The first-order chi connectivity index (χ1) is 6.79. The molecule has 0 aliphatic carbocycles. The number of pyridine rings is 1. The maximum absolute atomic E-state index is 13.4. The Bertz CT molecular complexity index is 411. The molecular formula is C11H9FN2. The van der Waals surface area contributed by atoms with E-state index in [1.807, 2.05) is 0 Å². The van der Waals surface area contributed by atoms with Gasteiger partial charge in [-0.15, -0.1) is 0 Å². The summed E-state index contributed by atoms with van der Waals surface area (Å²) >= 11 is 0. The molecule has 0 aliphatic rings. The summed E-state index contributed by atoms with van der Waals surface area (Å²) < 4.78 is 13.4. The maximum Gasteiger partial charge on any atom is 0.131 e.